The van der Waals surface area contributed by atoms with Crippen LogP contribution in [-0.2, 0) is 7.05 Å². The molecule has 0 aliphatic heterocycles. The number of aryl methyl sites for hydroxylation is 1. The first-order valence-electron chi connectivity index (χ1n) is 4.79. The number of nitrogens with one attached hydrogen (secondary N) is 1. The Hall–Kier alpha value is -1.89. The third kappa shape index (κ3) is 2.28. The van der Waals surface area contributed by atoms with E-state index >= 15 is 0 Å². The summed E-state index contributed by atoms with van der Waals surface area (Å²) in [5.41, 5.74) is 6.38. The minimum absolute atomic E-state index is 0.299. The topological polar surface area (TPSA) is 85.8 Å². The average molecular weight is 296 g/mol. The van der Waals surface area contributed by atoms with Crippen molar-refractivity contribution in [2.45, 2.75) is 0 Å². The second-order valence-electron chi connectivity index (χ2n) is 3.36. The van der Waals surface area contributed by atoms with Crippen molar-refractivity contribution in [3.05, 3.63) is 34.7 Å². The Balaban J connectivity index is 2.27. The zero-order valence-corrected chi connectivity index (χ0v) is 10.6. The fourth-order valence-corrected chi connectivity index (χ4v) is 1.76. The van der Waals surface area contributed by atoms with Gasteiger partial charge in [0.2, 0.25) is 0 Å². The van der Waals surface area contributed by atoms with Gasteiger partial charge in [-0.2, -0.15) is 5.10 Å². The van der Waals surface area contributed by atoms with Gasteiger partial charge in [0, 0.05) is 17.7 Å². The maximum absolute atomic E-state index is 11.9. The Kier molecular flexibility index (Phi) is 3.10. The van der Waals surface area contributed by atoms with Crippen LogP contribution in [0.4, 0.5) is 11.5 Å². The Morgan fingerprint density at radius 1 is 1.59 bits per heavy atom. The minimum Gasteiger partial charge on any atom is -0.394 e. The number of hydrogen-bond donors (Lipinski definition) is 2. The zero-order chi connectivity index (χ0) is 12.4. The lowest BCUT2D eigenvalue weighted by Gasteiger charge is -2.06. The number of nitrogens with two attached hydrogens (primary N) is 1. The summed E-state index contributed by atoms with van der Waals surface area (Å²) in [7, 11) is 1.69. The smallest absolute Gasteiger partial charge is 0.276 e. The molecule has 0 radical (unpaired) electrons. The third-order valence-corrected chi connectivity index (χ3v) is 2.81. The molecule has 1 amide bonds. The summed E-state index contributed by atoms with van der Waals surface area (Å²) in [6.45, 7) is 0. The monoisotopic (exact) mass is 295 g/mol. The van der Waals surface area contributed by atoms with Crippen LogP contribution in [-0.4, -0.2) is 20.7 Å². The molecule has 0 saturated heterocycles. The van der Waals surface area contributed by atoms with E-state index in [1.807, 2.05) is 0 Å². The lowest BCUT2D eigenvalue weighted by molar-refractivity contribution is 0.102. The van der Waals surface area contributed by atoms with Gasteiger partial charge in [-0.3, -0.25) is 9.48 Å². The molecule has 7 heteroatoms. The Bertz CT molecular complexity index is 546. The molecule has 3 N–H and O–H groups in total. The zero-order valence-electron chi connectivity index (χ0n) is 9.01. The molecule has 6 nitrogen and oxygen atoms in total. The summed E-state index contributed by atoms with van der Waals surface area (Å²) in [5.74, 6) is 0.111. The number of pyridine rings is 1. The maximum Gasteiger partial charge on any atom is 0.276 e. The quantitative estimate of drug-likeness (QED) is 0.877. The molecule has 0 saturated carbocycles. The van der Waals surface area contributed by atoms with Gasteiger partial charge in [0.15, 0.2) is 5.82 Å². The fraction of sp³-hybridized carbons (Fsp3) is 0.100. The maximum atomic E-state index is 11.9. The summed E-state index contributed by atoms with van der Waals surface area (Å²) in [5, 5.41) is 6.59. The number of hydrogen-bond acceptors (Lipinski definition) is 4. The van der Waals surface area contributed by atoms with Gasteiger partial charge in [0.25, 0.3) is 5.91 Å². The predicted molar refractivity (Wildman–Crippen MR) is 67.5 cm³/mol. The Morgan fingerprint density at radius 3 is 2.94 bits per heavy atom. The van der Waals surface area contributed by atoms with E-state index in [9.17, 15) is 4.79 Å². The Labute approximate surface area is 106 Å². The van der Waals surface area contributed by atoms with E-state index in [0.717, 1.165) is 0 Å². The molecule has 0 aliphatic rings. The second kappa shape index (κ2) is 4.54. The normalized spacial score (nSPS) is 10.2. The molecular formula is C10H10BrN5O. The van der Waals surface area contributed by atoms with E-state index in [2.05, 4.69) is 31.3 Å². The van der Waals surface area contributed by atoms with Gasteiger partial charge in [-0.25, -0.2) is 4.98 Å². The number of carbonyl (C=O) groups is 1. The van der Waals surface area contributed by atoms with Gasteiger partial charge in [-0.1, -0.05) is 0 Å². The number of nitrogens with zero attached hydrogens (tertiary/aromatic N) is 3. The highest BCUT2D eigenvalue weighted by molar-refractivity contribution is 9.10. The summed E-state index contributed by atoms with van der Waals surface area (Å²) >= 11 is 3.26. The van der Waals surface area contributed by atoms with Gasteiger partial charge >= 0.3 is 0 Å². The highest BCUT2D eigenvalue weighted by Gasteiger charge is 2.14. The number of aromatic nitrogens is 3. The fourth-order valence-electron chi connectivity index (χ4n) is 1.33. The largest absolute Gasteiger partial charge is 0.394 e. The van der Waals surface area contributed by atoms with Gasteiger partial charge in [0.1, 0.15) is 5.69 Å². The van der Waals surface area contributed by atoms with Crippen LogP contribution in [0.3, 0.4) is 0 Å². The average Bonchev–Trinajstić information content (AvgIpc) is 2.61. The van der Waals surface area contributed by atoms with Crippen molar-refractivity contribution in [2.24, 2.45) is 7.05 Å². The van der Waals surface area contributed by atoms with Crippen LogP contribution >= 0.6 is 15.9 Å². The van der Waals surface area contributed by atoms with Crippen LogP contribution in [0, 0.1) is 0 Å². The number of rotatable bonds is 2. The molecule has 0 aliphatic carbocycles. The molecule has 2 heterocycles. The highest BCUT2D eigenvalue weighted by Crippen LogP contribution is 2.19. The number of anilines is 2. The molecule has 0 unspecified atom stereocenters. The van der Waals surface area contributed by atoms with E-state index in [4.69, 9.17) is 5.73 Å². The molecule has 17 heavy (non-hydrogen) atoms. The van der Waals surface area contributed by atoms with Crippen molar-refractivity contribution in [3.63, 3.8) is 0 Å². The van der Waals surface area contributed by atoms with E-state index < -0.39 is 0 Å². The lowest BCUT2D eigenvalue weighted by Crippen LogP contribution is -2.17. The van der Waals surface area contributed by atoms with Crippen molar-refractivity contribution < 1.29 is 4.79 Å². The molecule has 0 bridgehead atoms. The van der Waals surface area contributed by atoms with Crippen molar-refractivity contribution in [1.29, 1.82) is 0 Å². The molecule has 2 aromatic heterocycles. The highest BCUT2D eigenvalue weighted by atomic mass is 79.9. The molecule has 0 fully saturated rings. The van der Waals surface area contributed by atoms with Crippen LogP contribution in [0.2, 0.25) is 0 Å². The van der Waals surface area contributed by atoms with Crippen molar-refractivity contribution in [3.8, 4) is 0 Å². The first-order chi connectivity index (χ1) is 8.09. The number of carbonyl (C=O) groups excluding carboxylic acids is 1. The van der Waals surface area contributed by atoms with Crippen molar-refractivity contribution in [1.82, 2.24) is 14.8 Å². The lowest BCUT2D eigenvalue weighted by atomic mass is 10.3. The minimum atomic E-state index is -0.340. The summed E-state index contributed by atoms with van der Waals surface area (Å²) in [6, 6.07) is 3.48. The van der Waals surface area contributed by atoms with Crippen LogP contribution in [0.1, 0.15) is 10.5 Å². The number of halogens is 1. The van der Waals surface area contributed by atoms with Gasteiger partial charge < -0.3 is 11.1 Å². The number of nitrogen functional groups attached to an aromatic ring is 1. The molecule has 0 aromatic carbocycles. The first kappa shape index (κ1) is 11.6. The molecule has 0 atom stereocenters. The van der Waals surface area contributed by atoms with Crippen LogP contribution in [0.15, 0.2) is 29.0 Å². The molecule has 88 valence electrons. The van der Waals surface area contributed by atoms with Crippen molar-refractivity contribution in [2.75, 3.05) is 11.1 Å². The Morgan fingerprint density at radius 2 is 2.35 bits per heavy atom. The standard InChI is InChI=1S/C10H10BrN5O/c1-16-9(7(12)5-14-16)15-10(17)8-6(11)3-2-4-13-8/h2-5H,12H2,1H3,(H,15,17). The third-order valence-electron chi connectivity index (χ3n) is 2.17. The van der Waals surface area contributed by atoms with Crippen LogP contribution in [0.25, 0.3) is 0 Å². The summed E-state index contributed by atoms with van der Waals surface area (Å²) in [6.07, 6.45) is 3.02. The molecule has 2 rings (SSSR count). The van der Waals surface area contributed by atoms with Gasteiger partial charge in [0.05, 0.1) is 11.9 Å². The van der Waals surface area contributed by atoms with Crippen LogP contribution in [0.5, 0.6) is 0 Å². The van der Waals surface area contributed by atoms with E-state index in [-0.39, 0.29) is 5.91 Å². The summed E-state index contributed by atoms with van der Waals surface area (Å²) in [4.78, 5) is 15.9. The van der Waals surface area contributed by atoms with Crippen molar-refractivity contribution >= 4 is 33.3 Å². The van der Waals surface area contributed by atoms with Gasteiger partial charge in [-0.15, -0.1) is 0 Å². The molecule has 0 spiro atoms. The summed E-state index contributed by atoms with van der Waals surface area (Å²) < 4.78 is 2.11. The van der Waals surface area contributed by atoms with Gasteiger partial charge in [-0.05, 0) is 28.1 Å². The van der Waals surface area contributed by atoms with Crippen LogP contribution < -0.4 is 11.1 Å². The predicted octanol–water partition coefficient (Wildman–Crippen LogP) is 1.41. The number of amides is 1. The second-order valence-corrected chi connectivity index (χ2v) is 4.21. The van der Waals surface area contributed by atoms with E-state index in [0.29, 0.717) is 21.7 Å². The first-order valence-corrected chi connectivity index (χ1v) is 5.58. The molecular weight excluding hydrogens is 286 g/mol. The van der Waals surface area contributed by atoms with E-state index in [1.54, 1.807) is 25.4 Å². The molecule has 2 aromatic rings. The van der Waals surface area contributed by atoms with E-state index in [1.165, 1.54) is 10.9 Å². The SMILES string of the molecule is Cn1ncc(N)c1NC(=O)c1ncccc1Br.